The SMILES string of the molecule is CC(C)(C)c1cc(CCC(=O)OCCN=C=O)cc(C(C)(C)C)c1O. The van der Waals surface area contributed by atoms with Crippen molar-refractivity contribution in [3.8, 4) is 5.75 Å². The molecule has 138 valence electrons. The first-order chi connectivity index (χ1) is 11.5. The summed E-state index contributed by atoms with van der Waals surface area (Å²) in [7, 11) is 0. The summed E-state index contributed by atoms with van der Waals surface area (Å²) in [6.45, 7) is 12.6. The molecule has 5 nitrogen and oxygen atoms in total. The molecule has 1 rings (SSSR count). The van der Waals surface area contributed by atoms with E-state index in [2.05, 4.69) is 46.5 Å². The lowest BCUT2D eigenvalue weighted by atomic mass is 9.78. The molecule has 0 spiro atoms. The number of isocyanates is 1. The van der Waals surface area contributed by atoms with Gasteiger partial charge in [-0.2, -0.15) is 0 Å². The number of aromatic hydroxyl groups is 1. The summed E-state index contributed by atoms with van der Waals surface area (Å²) in [6, 6.07) is 3.93. The zero-order valence-corrected chi connectivity index (χ0v) is 16.1. The van der Waals surface area contributed by atoms with Crippen LogP contribution < -0.4 is 0 Å². The number of aryl methyl sites for hydroxylation is 1. The predicted molar refractivity (Wildman–Crippen MR) is 97.8 cm³/mol. The molecular formula is C20H29NO4. The van der Waals surface area contributed by atoms with Gasteiger partial charge in [0.1, 0.15) is 12.4 Å². The van der Waals surface area contributed by atoms with Crippen LogP contribution in [0.1, 0.15) is 64.7 Å². The molecule has 0 bridgehead atoms. The third-order valence-corrected chi connectivity index (χ3v) is 3.93. The third-order valence-electron chi connectivity index (χ3n) is 3.93. The van der Waals surface area contributed by atoms with Crippen molar-refractivity contribution in [2.24, 2.45) is 4.99 Å². The smallest absolute Gasteiger partial charge is 0.306 e. The zero-order valence-electron chi connectivity index (χ0n) is 16.1. The van der Waals surface area contributed by atoms with Crippen LogP contribution in [0.3, 0.4) is 0 Å². The largest absolute Gasteiger partial charge is 0.507 e. The number of hydrogen-bond donors (Lipinski definition) is 1. The first-order valence-corrected chi connectivity index (χ1v) is 8.53. The molecule has 0 saturated heterocycles. The molecule has 1 aromatic rings. The summed E-state index contributed by atoms with van der Waals surface area (Å²) in [5.74, 6) is 0.00171. The number of aliphatic imine (C=N–C) groups is 1. The molecule has 0 aliphatic heterocycles. The first kappa shape index (κ1) is 20.9. The third kappa shape index (κ3) is 6.35. The van der Waals surface area contributed by atoms with Crippen molar-refractivity contribution in [3.05, 3.63) is 28.8 Å². The maximum absolute atomic E-state index is 11.8. The van der Waals surface area contributed by atoms with Gasteiger partial charge in [0, 0.05) is 6.42 Å². The van der Waals surface area contributed by atoms with Crippen molar-refractivity contribution in [2.75, 3.05) is 13.2 Å². The molecule has 1 aromatic carbocycles. The van der Waals surface area contributed by atoms with E-state index in [0.717, 1.165) is 16.7 Å². The highest BCUT2D eigenvalue weighted by Crippen LogP contribution is 2.39. The van der Waals surface area contributed by atoms with Crippen LogP contribution in [0.2, 0.25) is 0 Å². The standard InChI is InChI=1S/C20H29NO4/c1-19(2,3)15-11-14(12-16(18(15)24)20(4,5)6)7-8-17(23)25-10-9-21-13-22/h11-12,24H,7-10H2,1-6H3. The lowest BCUT2D eigenvalue weighted by molar-refractivity contribution is -0.143. The molecule has 1 N–H and O–H groups in total. The highest BCUT2D eigenvalue weighted by molar-refractivity contribution is 5.69. The normalized spacial score (nSPS) is 11.8. The van der Waals surface area contributed by atoms with E-state index in [9.17, 15) is 14.7 Å². The van der Waals surface area contributed by atoms with Gasteiger partial charge in [-0.05, 0) is 33.9 Å². The van der Waals surface area contributed by atoms with Gasteiger partial charge >= 0.3 is 5.97 Å². The lowest BCUT2D eigenvalue weighted by Crippen LogP contribution is -2.18. The van der Waals surface area contributed by atoms with Crippen molar-refractivity contribution in [3.63, 3.8) is 0 Å². The van der Waals surface area contributed by atoms with Crippen LogP contribution >= 0.6 is 0 Å². The Hall–Kier alpha value is -2.13. The van der Waals surface area contributed by atoms with Gasteiger partial charge in [-0.3, -0.25) is 4.79 Å². The predicted octanol–water partition coefficient (Wildman–Crippen LogP) is 3.80. The maximum Gasteiger partial charge on any atom is 0.306 e. The molecule has 0 saturated carbocycles. The average Bonchev–Trinajstić information content (AvgIpc) is 2.48. The summed E-state index contributed by atoms with van der Waals surface area (Å²) in [4.78, 5) is 25.1. The monoisotopic (exact) mass is 347 g/mol. The minimum atomic E-state index is -0.330. The zero-order chi connectivity index (χ0) is 19.3. The first-order valence-electron chi connectivity index (χ1n) is 8.53. The Morgan fingerprint density at radius 2 is 1.64 bits per heavy atom. The van der Waals surface area contributed by atoms with E-state index in [1.165, 1.54) is 6.08 Å². The number of rotatable bonds is 6. The quantitative estimate of drug-likeness (QED) is 0.367. The Morgan fingerprint density at radius 1 is 1.12 bits per heavy atom. The van der Waals surface area contributed by atoms with Gasteiger partial charge in [0.05, 0.1) is 6.54 Å². The van der Waals surface area contributed by atoms with Crippen LogP contribution in [0.5, 0.6) is 5.75 Å². The van der Waals surface area contributed by atoms with E-state index < -0.39 is 0 Å². The van der Waals surface area contributed by atoms with Gasteiger partial charge in [0.2, 0.25) is 6.08 Å². The number of nitrogens with zero attached hydrogens (tertiary/aromatic N) is 1. The van der Waals surface area contributed by atoms with E-state index in [1.807, 2.05) is 12.1 Å². The van der Waals surface area contributed by atoms with Crippen molar-refractivity contribution in [1.29, 1.82) is 0 Å². The number of phenolic OH excluding ortho intramolecular Hbond substituents is 1. The van der Waals surface area contributed by atoms with Gasteiger partial charge < -0.3 is 9.84 Å². The topological polar surface area (TPSA) is 76.0 Å². The molecule has 0 aliphatic rings. The second kappa shape index (κ2) is 8.30. The van der Waals surface area contributed by atoms with Crippen molar-refractivity contribution >= 4 is 12.0 Å². The summed E-state index contributed by atoms with van der Waals surface area (Å²) >= 11 is 0. The number of carbonyl (C=O) groups excluding carboxylic acids is 2. The average molecular weight is 347 g/mol. The van der Waals surface area contributed by atoms with Crippen LogP contribution in [0.15, 0.2) is 17.1 Å². The number of ether oxygens (including phenoxy) is 1. The molecule has 0 radical (unpaired) electrons. The molecule has 0 fully saturated rings. The van der Waals surface area contributed by atoms with E-state index in [4.69, 9.17) is 4.74 Å². The van der Waals surface area contributed by atoms with Crippen molar-refractivity contribution in [1.82, 2.24) is 0 Å². The van der Waals surface area contributed by atoms with E-state index >= 15 is 0 Å². The molecular weight excluding hydrogens is 318 g/mol. The Kier molecular flexibility index (Phi) is 6.95. The molecule has 0 amide bonds. The Labute approximate surface area is 150 Å². The van der Waals surface area contributed by atoms with Crippen LogP contribution in [-0.4, -0.2) is 30.3 Å². The minimum Gasteiger partial charge on any atom is -0.507 e. The second-order valence-corrected chi connectivity index (χ2v) is 8.23. The summed E-state index contributed by atoms with van der Waals surface area (Å²) in [5, 5.41) is 10.7. The molecule has 0 atom stereocenters. The van der Waals surface area contributed by atoms with E-state index in [-0.39, 0.29) is 36.4 Å². The molecule has 0 unspecified atom stereocenters. The van der Waals surface area contributed by atoms with Gasteiger partial charge in [0.15, 0.2) is 0 Å². The summed E-state index contributed by atoms with van der Waals surface area (Å²) in [5.41, 5.74) is 2.35. The Bertz CT molecular complexity index is 624. The van der Waals surface area contributed by atoms with Crippen LogP contribution in [-0.2, 0) is 31.6 Å². The molecule has 0 heterocycles. The molecule has 0 aliphatic carbocycles. The van der Waals surface area contributed by atoms with Crippen LogP contribution in [0.4, 0.5) is 0 Å². The van der Waals surface area contributed by atoms with Gasteiger partial charge in [0.25, 0.3) is 0 Å². The van der Waals surface area contributed by atoms with Crippen molar-refractivity contribution < 1.29 is 19.4 Å². The number of carbonyl (C=O) groups is 1. The molecule has 25 heavy (non-hydrogen) atoms. The molecule has 5 heteroatoms. The van der Waals surface area contributed by atoms with Crippen LogP contribution in [0.25, 0.3) is 0 Å². The Morgan fingerprint density at radius 3 is 2.08 bits per heavy atom. The number of esters is 1. The fourth-order valence-electron chi connectivity index (χ4n) is 2.55. The van der Waals surface area contributed by atoms with E-state index in [1.54, 1.807) is 0 Å². The maximum atomic E-state index is 11.8. The molecule has 0 aromatic heterocycles. The fraction of sp³-hybridized carbons (Fsp3) is 0.600. The van der Waals surface area contributed by atoms with E-state index in [0.29, 0.717) is 12.2 Å². The number of benzene rings is 1. The number of hydrogen-bond acceptors (Lipinski definition) is 5. The van der Waals surface area contributed by atoms with Gasteiger partial charge in [-0.15, -0.1) is 0 Å². The highest BCUT2D eigenvalue weighted by atomic mass is 16.5. The Balaban J connectivity index is 2.96. The van der Waals surface area contributed by atoms with Gasteiger partial charge in [-0.1, -0.05) is 53.7 Å². The minimum absolute atomic E-state index is 0.0874. The van der Waals surface area contributed by atoms with Crippen molar-refractivity contribution in [2.45, 2.75) is 65.2 Å². The second-order valence-electron chi connectivity index (χ2n) is 8.23. The fourth-order valence-corrected chi connectivity index (χ4v) is 2.55. The lowest BCUT2D eigenvalue weighted by Gasteiger charge is -2.28. The number of phenols is 1. The van der Waals surface area contributed by atoms with Gasteiger partial charge in [-0.25, -0.2) is 9.79 Å². The summed E-state index contributed by atoms with van der Waals surface area (Å²) < 4.78 is 5.02. The highest BCUT2D eigenvalue weighted by Gasteiger charge is 2.26. The summed E-state index contributed by atoms with van der Waals surface area (Å²) in [6.07, 6.45) is 2.17. The van der Waals surface area contributed by atoms with Crippen LogP contribution in [0, 0.1) is 0 Å².